The Morgan fingerprint density at radius 1 is 0.700 bits per heavy atom. The number of imidazole rings is 2. The van der Waals surface area contributed by atoms with Gasteiger partial charge in [-0.25, -0.2) is 19.0 Å². The predicted octanol–water partition coefficient (Wildman–Crippen LogP) is 6.70. The molecule has 6 rings (SSSR count). The molecule has 13 nitrogen and oxygen atoms in total. The quantitative estimate of drug-likeness (QED) is 0.138. The van der Waals surface area contributed by atoms with Gasteiger partial charge in [0.2, 0.25) is 0 Å². The average molecular weight is 532 g/mol. The minimum atomic E-state index is -0.455. The zero-order valence-electron chi connectivity index (χ0n) is 21.4. The molecule has 0 spiro atoms. The molecule has 13 heteroatoms. The molecule has 0 aliphatic rings. The second-order valence-corrected chi connectivity index (χ2v) is 8.76. The molecule has 0 saturated carbocycles. The molecule has 3 heterocycles. The summed E-state index contributed by atoms with van der Waals surface area (Å²) >= 11 is 0. The van der Waals surface area contributed by atoms with Crippen molar-refractivity contribution in [2.75, 3.05) is 5.43 Å². The van der Waals surface area contributed by atoms with Crippen LogP contribution >= 0.6 is 0 Å². The summed E-state index contributed by atoms with van der Waals surface area (Å²) in [5, 5.41) is 33.9. The first-order valence-corrected chi connectivity index (χ1v) is 12.2. The van der Waals surface area contributed by atoms with Crippen LogP contribution in [0.25, 0.3) is 11.3 Å². The van der Waals surface area contributed by atoms with E-state index < -0.39 is 4.92 Å². The molecule has 0 aliphatic heterocycles. The van der Waals surface area contributed by atoms with E-state index in [9.17, 15) is 10.1 Å². The molecule has 3 aromatic heterocycles. The maximum Gasteiger partial charge on any atom is 0.269 e. The molecule has 0 fully saturated rings. The van der Waals surface area contributed by atoms with Crippen LogP contribution in [-0.2, 0) is 0 Å². The lowest BCUT2D eigenvalue weighted by Gasteiger charge is -1.99. The Labute approximate surface area is 226 Å². The Kier molecular flexibility index (Phi) is 6.20. The van der Waals surface area contributed by atoms with Gasteiger partial charge in [-0.3, -0.25) is 15.5 Å². The van der Waals surface area contributed by atoms with Crippen molar-refractivity contribution in [1.29, 1.82) is 0 Å². The third kappa shape index (κ3) is 4.51. The molecule has 0 saturated heterocycles. The van der Waals surface area contributed by atoms with Gasteiger partial charge in [0.05, 0.1) is 33.4 Å². The van der Waals surface area contributed by atoms with Crippen LogP contribution < -0.4 is 10.8 Å². The lowest BCUT2D eigenvalue weighted by Crippen LogP contribution is -2.06. The van der Waals surface area contributed by atoms with Crippen LogP contribution in [0.4, 0.5) is 34.4 Å². The van der Waals surface area contributed by atoms with Crippen molar-refractivity contribution in [2.24, 2.45) is 25.6 Å². The van der Waals surface area contributed by atoms with Crippen LogP contribution in [0.3, 0.4) is 0 Å². The number of aryl methyl sites for hydroxylation is 2. The van der Waals surface area contributed by atoms with Crippen LogP contribution in [0.5, 0.6) is 0 Å². The largest absolute Gasteiger partial charge is 0.278 e. The Morgan fingerprint density at radius 3 is 1.62 bits per heavy atom. The van der Waals surface area contributed by atoms with E-state index in [1.807, 2.05) is 74.5 Å². The first kappa shape index (κ1) is 24.5. The summed E-state index contributed by atoms with van der Waals surface area (Å²) in [5.74, 6) is 0.961. The molecule has 0 radical (unpaired) electrons. The Balaban J connectivity index is 1.54. The number of fused-ring (bicyclic) bond motifs is 3. The number of azo groups is 2. The van der Waals surface area contributed by atoms with E-state index in [0.29, 0.717) is 56.7 Å². The van der Waals surface area contributed by atoms with Gasteiger partial charge >= 0.3 is 0 Å². The van der Waals surface area contributed by atoms with Gasteiger partial charge in [-0.2, -0.15) is 5.10 Å². The van der Waals surface area contributed by atoms with E-state index in [4.69, 9.17) is 9.97 Å². The zero-order valence-corrected chi connectivity index (χ0v) is 21.4. The van der Waals surface area contributed by atoms with Gasteiger partial charge in [0.15, 0.2) is 28.3 Å². The lowest BCUT2D eigenvalue weighted by molar-refractivity contribution is -0.384. The van der Waals surface area contributed by atoms with Crippen molar-refractivity contribution >= 4 is 45.7 Å². The molecule has 6 aromatic rings. The highest BCUT2D eigenvalue weighted by Gasteiger charge is 2.23. The topological polar surface area (TPSA) is 152 Å². The average Bonchev–Trinajstić information content (AvgIpc) is 3.56. The summed E-state index contributed by atoms with van der Waals surface area (Å²) in [6.45, 7) is 3.67. The number of nitro groups is 1. The van der Waals surface area contributed by atoms with E-state index >= 15 is 0 Å². The SMILES string of the molecule is Cc1nc2c(=NNc3ccc([N+](=O)[O-])cc3)c3nc(C)c(N=Nc4ccccc4)n3n2c1N=Nc1ccccc1. The number of nitrogens with one attached hydrogen (secondary N) is 1. The van der Waals surface area contributed by atoms with Crippen molar-refractivity contribution in [1.82, 2.24) is 19.0 Å². The Morgan fingerprint density at radius 2 is 1.18 bits per heavy atom. The molecule has 0 atom stereocenters. The highest BCUT2D eigenvalue weighted by atomic mass is 16.6. The van der Waals surface area contributed by atoms with Crippen molar-refractivity contribution in [3.8, 4) is 0 Å². The first-order chi connectivity index (χ1) is 19.5. The van der Waals surface area contributed by atoms with Crippen molar-refractivity contribution in [3.05, 3.63) is 112 Å². The van der Waals surface area contributed by atoms with Gasteiger partial charge in [0.25, 0.3) is 5.69 Å². The molecule has 0 amide bonds. The third-order valence-electron chi connectivity index (χ3n) is 6.03. The second kappa shape index (κ2) is 10.1. The molecular formula is C27H21N11O2. The molecule has 0 bridgehead atoms. The lowest BCUT2D eigenvalue weighted by atomic mass is 10.3. The molecule has 40 heavy (non-hydrogen) atoms. The molecule has 196 valence electrons. The fraction of sp³-hybridized carbons (Fsp3) is 0.0741. The minimum Gasteiger partial charge on any atom is -0.278 e. The number of non-ortho nitro benzene ring substituents is 1. The van der Waals surface area contributed by atoms with Crippen molar-refractivity contribution in [3.63, 3.8) is 0 Å². The highest BCUT2D eigenvalue weighted by molar-refractivity contribution is 5.64. The highest BCUT2D eigenvalue weighted by Crippen LogP contribution is 2.29. The Bertz CT molecular complexity index is 1850. The van der Waals surface area contributed by atoms with Gasteiger partial charge in [-0.15, -0.1) is 20.5 Å². The van der Waals surface area contributed by atoms with Crippen LogP contribution in [0.2, 0.25) is 0 Å². The summed E-state index contributed by atoms with van der Waals surface area (Å²) in [4.78, 5) is 20.0. The van der Waals surface area contributed by atoms with E-state index in [1.165, 1.54) is 12.1 Å². The predicted molar refractivity (Wildman–Crippen MR) is 148 cm³/mol. The third-order valence-corrected chi connectivity index (χ3v) is 6.03. The first-order valence-electron chi connectivity index (χ1n) is 12.2. The number of nitrogens with zero attached hydrogens (tertiary/aromatic N) is 10. The number of rotatable bonds is 7. The van der Waals surface area contributed by atoms with Crippen LogP contribution in [0.15, 0.2) is 110 Å². The van der Waals surface area contributed by atoms with Crippen molar-refractivity contribution in [2.45, 2.75) is 13.8 Å². The number of anilines is 1. The van der Waals surface area contributed by atoms with Gasteiger partial charge in [0, 0.05) is 12.1 Å². The molecule has 0 aliphatic carbocycles. The van der Waals surface area contributed by atoms with Gasteiger partial charge in [0.1, 0.15) is 0 Å². The van der Waals surface area contributed by atoms with E-state index in [2.05, 4.69) is 31.0 Å². The summed E-state index contributed by atoms with van der Waals surface area (Å²) < 4.78 is 3.51. The fourth-order valence-corrected chi connectivity index (χ4v) is 4.11. The number of nitro benzene ring substituents is 1. The monoisotopic (exact) mass is 531 g/mol. The molecule has 1 N–H and O–H groups in total. The fourth-order valence-electron chi connectivity index (χ4n) is 4.11. The van der Waals surface area contributed by atoms with E-state index in [-0.39, 0.29) is 5.69 Å². The maximum atomic E-state index is 11.0. The summed E-state index contributed by atoms with van der Waals surface area (Å²) in [5.41, 5.74) is 7.09. The van der Waals surface area contributed by atoms with E-state index in [0.717, 1.165) is 0 Å². The van der Waals surface area contributed by atoms with Crippen LogP contribution in [0.1, 0.15) is 11.4 Å². The van der Waals surface area contributed by atoms with E-state index in [1.54, 1.807) is 21.2 Å². The number of aromatic nitrogens is 4. The zero-order chi connectivity index (χ0) is 27.6. The smallest absolute Gasteiger partial charge is 0.269 e. The number of benzene rings is 3. The summed E-state index contributed by atoms with van der Waals surface area (Å²) in [6, 6.07) is 24.7. The van der Waals surface area contributed by atoms with Gasteiger partial charge in [-0.05, 0) is 50.2 Å². The summed E-state index contributed by atoms with van der Waals surface area (Å²) in [6.07, 6.45) is 0. The standard InChI is InChI=1S/C27H21N11O2/c1-17-24(34-31-19-9-5-3-6-10-19)36-26(28-17)23(33-30-21-13-15-22(16-14-21)38(39)40)27-29-18(2)25(37(27)36)35-32-20-11-7-4-8-12-20/h3-16,30H,1-2H3. The minimum absolute atomic E-state index is 0.0155. The second-order valence-electron chi connectivity index (χ2n) is 8.76. The van der Waals surface area contributed by atoms with Crippen LogP contribution in [-0.4, -0.2) is 23.9 Å². The number of hydrogen-bond donors (Lipinski definition) is 1. The number of hydrogen-bond acceptors (Lipinski definition) is 10. The Hall–Kier alpha value is -5.85. The van der Waals surface area contributed by atoms with Gasteiger partial charge < -0.3 is 0 Å². The van der Waals surface area contributed by atoms with Gasteiger partial charge in [-0.1, -0.05) is 36.4 Å². The molecule has 3 aromatic carbocycles. The summed E-state index contributed by atoms with van der Waals surface area (Å²) in [7, 11) is 0. The molecule has 0 unspecified atom stereocenters. The van der Waals surface area contributed by atoms with Crippen LogP contribution in [0, 0.1) is 24.0 Å². The molecular weight excluding hydrogens is 510 g/mol. The normalized spacial score (nSPS) is 11.8. The maximum absolute atomic E-state index is 11.0. The van der Waals surface area contributed by atoms with Crippen molar-refractivity contribution < 1.29 is 4.92 Å².